The van der Waals surface area contributed by atoms with E-state index < -0.39 is 5.41 Å². The molecule has 0 spiro atoms. The van der Waals surface area contributed by atoms with E-state index in [2.05, 4.69) is 314 Å². The molecular weight excluding hydrogens is 1580 g/mol. The Morgan fingerprint density at radius 3 is 0.779 bits per heavy atom. The first-order valence-corrected chi connectivity index (χ1v) is 49.5. The van der Waals surface area contributed by atoms with Gasteiger partial charge in [-0.3, -0.25) is 0 Å². The largest absolute Gasteiger partial charge is 0.175 e. The lowest BCUT2D eigenvalue weighted by molar-refractivity contribution is 0.668. The molecule has 0 saturated carbocycles. The van der Waals surface area contributed by atoms with Crippen molar-refractivity contribution in [3.8, 4) is 112 Å². The summed E-state index contributed by atoms with van der Waals surface area (Å²) in [5.41, 5.74) is 22.2. The van der Waals surface area contributed by atoms with Crippen LogP contribution < -0.4 is 0 Å². The van der Waals surface area contributed by atoms with Gasteiger partial charge in [0.15, 0.2) is 0 Å². The van der Waals surface area contributed by atoms with Crippen LogP contribution in [0.15, 0.2) is 248 Å². The lowest BCUT2D eigenvalue weighted by Gasteiger charge is -2.37. The molecule has 0 fully saturated rings. The quantitative estimate of drug-likeness (QED) is 0.0192. The second-order valence-corrected chi connectivity index (χ2v) is 39.5. The molecule has 0 radical (unpaired) electrons. The molecule has 0 nitrogen and oxygen atoms in total. The Morgan fingerprint density at radius 2 is 0.478 bits per heavy atom. The number of aryl methyl sites for hydroxylation is 4. The first-order chi connectivity index (χ1) is 55.6. The number of unbranched alkanes of at least 4 members (excludes halogenated alkanes) is 12. The Kier molecular flexibility index (Phi) is 28.4. The summed E-state index contributed by atoms with van der Waals surface area (Å²) >= 11 is 29.7. The van der Waals surface area contributed by atoms with Crippen LogP contribution in [0.5, 0.6) is 0 Å². The van der Waals surface area contributed by atoms with Crippen molar-refractivity contribution in [2.45, 2.75) is 179 Å². The summed E-state index contributed by atoms with van der Waals surface area (Å²) in [6, 6.07) is 93.8. The topological polar surface area (TPSA) is 0 Å². The molecule has 0 aliphatic rings. The fraction of sp³-hybridized carbons (Fsp3) is 0.275. The zero-order valence-corrected chi connectivity index (χ0v) is 74.8. The Morgan fingerprint density at radius 1 is 0.221 bits per heavy atom. The molecule has 15 rings (SSSR count). The summed E-state index contributed by atoms with van der Waals surface area (Å²) in [6.45, 7) is 9.28. The highest BCUT2D eigenvalue weighted by molar-refractivity contribution is 7.79. The highest BCUT2D eigenvalue weighted by Gasteiger charge is 2.39. The Labute approximate surface area is 721 Å². The highest BCUT2D eigenvalue weighted by Crippen LogP contribution is 2.53. The summed E-state index contributed by atoms with van der Waals surface area (Å²) in [5.74, 6) is 2.14. The molecule has 113 heavy (non-hydrogen) atoms. The third-order valence-electron chi connectivity index (χ3n) is 22.4. The van der Waals surface area contributed by atoms with Crippen LogP contribution >= 0.6 is 129 Å². The number of rotatable bonds is 38. The van der Waals surface area contributed by atoms with Crippen LogP contribution in [-0.2, 0) is 48.4 Å². The van der Waals surface area contributed by atoms with Gasteiger partial charge in [-0.25, -0.2) is 0 Å². The van der Waals surface area contributed by atoms with Crippen molar-refractivity contribution in [1.82, 2.24) is 0 Å². The maximum atomic E-state index is 4.59. The summed E-state index contributed by atoms with van der Waals surface area (Å²) in [4.78, 5) is 21.0. The molecule has 0 amide bonds. The van der Waals surface area contributed by atoms with Crippen molar-refractivity contribution in [2.24, 2.45) is 0 Å². The minimum Gasteiger partial charge on any atom is -0.175 e. The Balaban J connectivity index is 0.750. The molecule has 15 aromatic rings. The normalized spacial score (nSPS) is 11.8. The van der Waals surface area contributed by atoms with Gasteiger partial charge in [-0.1, -0.05) is 275 Å². The lowest BCUT2D eigenvalue weighted by atomic mass is 9.64. The molecule has 0 atom stereocenters. The summed E-state index contributed by atoms with van der Waals surface area (Å²) in [6.07, 6.45) is 24.7. The van der Waals surface area contributed by atoms with Crippen molar-refractivity contribution in [3.05, 3.63) is 309 Å². The standard InChI is InChI=1S/C102H102S11/c1-5-9-13-17-21-79-61-62-106-98(79)91-57-53-87(107-91)88-55-59-93(109-88)100-81(23-19-15-11-7-3)64-96(112-100)97-65-82(24-20-16-12-8-4)101(113-97)94-60-56-90(110-94)89-54-58-92(108-89)99-80(22-18-14-10-6-2)63-95(111-99)78-43-51-86(52-44-78)102(83-45-37-75(38-46-83)72-31-25-69(66-103)26-32-72,84-47-39-76(40-48-84)73-33-27-70(67-104)28-34-73)85-49-41-77(42-50-85)74-35-29-71(68-105)30-36-74/h25-65,103-105H,5-24,66-68H2,1-4H3. The van der Waals surface area contributed by atoms with Gasteiger partial charge in [0.1, 0.15) is 0 Å². The number of hydrogen-bond donors (Lipinski definition) is 3. The SMILES string of the molecule is CCCCCCc1ccsc1-c1ccc(-c2ccc(-c3sc(-c4cc(CCCCCC)c(-c5ccc(-c6ccc(-c7sc(-c8ccc(C(c9ccc(-c%10ccc(CS)cc%10)cc9)(c9ccc(-c%10ccc(CS)cc%10)cc9)c9ccc(-c%10ccc(CS)cc%10)cc9)cc8)cc7CCCCCC)s6)s5)s4)cc3CCCCCC)s2)s1. The van der Waals surface area contributed by atoms with Gasteiger partial charge in [0.05, 0.1) is 5.41 Å². The number of thiophene rings is 8. The predicted molar refractivity (Wildman–Crippen MR) is 517 cm³/mol. The van der Waals surface area contributed by atoms with Crippen LogP contribution in [0.3, 0.4) is 0 Å². The average molecular weight is 1680 g/mol. The zero-order valence-electron chi connectivity index (χ0n) is 65.5. The van der Waals surface area contributed by atoms with Crippen molar-refractivity contribution in [3.63, 3.8) is 0 Å². The van der Waals surface area contributed by atoms with E-state index in [0.717, 1.165) is 19.3 Å². The third kappa shape index (κ3) is 18.9. The van der Waals surface area contributed by atoms with Gasteiger partial charge in [-0.15, -0.1) is 90.7 Å². The number of hydrogen-bond acceptors (Lipinski definition) is 11. The summed E-state index contributed by atoms with van der Waals surface area (Å²) in [7, 11) is 0. The highest BCUT2D eigenvalue weighted by atomic mass is 32.1. The Bertz CT molecular complexity index is 5260. The smallest absolute Gasteiger partial charge is 0.0701 e. The second kappa shape index (κ2) is 39.4. The van der Waals surface area contributed by atoms with Gasteiger partial charge in [0.2, 0.25) is 0 Å². The third-order valence-corrected chi connectivity index (χ3v) is 33.7. The maximum absolute atomic E-state index is 4.59. The number of thiol groups is 3. The van der Waals surface area contributed by atoms with Crippen LogP contribution in [0.2, 0.25) is 0 Å². The lowest BCUT2D eigenvalue weighted by Crippen LogP contribution is -2.31. The van der Waals surface area contributed by atoms with Gasteiger partial charge in [-0.05, 0) is 230 Å². The van der Waals surface area contributed by atoms with Crippen molar-refractivity contribution >= 4 is 129 Å². The van der Waals surface area contributed by atoms with Gasteiger partial charge in [0.25, 0.3) is 0 Å². The monoisotopic (exact) mass is 1680 g/mol. The fourth-order valence-corrected chi connectivity index (χ4v) is 26.1. The average Bonchev–Trinajstić information content (AvgIpc) is 1.61. The molecule has 7 aromatic carbocycles. The van der Waals surface area contributed by atoms with E-state index in [0.29, 0.717) is 17.3 Å². The van der Waals surface area contributed by atoms with Crippen molar-refractivity contribution in [1.29, 1.82) is 0 Å². The molecule has 8 aromatic heterocycles. The van der Waals surface area contributed by atoms with Crippen LogP contribution in [0.25, 0.3) is 112 Å². The van der Waals surface area contributed by atoms with Crippen LogP contribution in [0, 0.1) is 0 Å². The van der Waals surface area contributed by atoms with Crippen molar-refractivity contribution in [2.75, 3.05) is 0 Å². The minimum absolute atomic E-state index is 0.697. The summed E-state index contributed by atoms with van der Waals surface area (Å²) < 4.78 is 0. The van der Waals surface area contributed by atoms with E-state index in [4.69, 9.17) is 0 Å². The van der Waals surface area contributed by atoms with Gasteiger partial charge in [-0.2, -0.15) is 37.9 Å². The molecule has 576 valence electrons. The van der Waals surface area contributed by atoms with E-state index in [-0.39, 0.29) is 0 Å². The first kappa shape index (κ1) is 81.3. The second-order valence-electron chi connectivity index (χ2n) is 30.2. The van der Waals surface area contributed by atoms with Gasteiger partial charge < -0.3 is 0 Å². The molecule has 0 bridgehead atoms. The first-order valence-electron chi connectivity index (χ1n) is 41.0. The van der Waals surface area contributed by atoms with Crippen LogP contribution in [-0.4, -0.2) is 0 Å². The maximum Gasteiger partial charge on any atom is 0.0701 e. The van der Waals surface area contributed by atoms with E-state index in [9.17, 15) is 0 Å². The van der Waals surface area contributed by atoms with E-state index in [1.54, 1.807) is 0 Å². The summed E-state index contributed by atoms with van der Waals surface area (Å²) in [5, 5.41) is 2.30. The van der Waals surface area contributed by atoms with Gasteiger partial charge in [0, 0.05) is 90.4 Å². The molecule has 0 aliphatic heterocycles. The van der Waals surface area contributed by atoms with Crippen LogP contribution in [0.4, 0.5) is 0 Å². The minimum atomic E-state index is -0.697. The molecular formula is C102H102S11. The predicted octanol–water partition coefficient (Wildman–Crippen LogP) is 34.7. The van der Waals surface area contributed by atoms with E-state index in [1.165, 1.54) is 282 Å². The number of benzene rings is 7. The fourth-order valence-electron chi connectivity index (χ4n) is 16.0. The zero-order chi connectivity index (χ0) is 77.5. The van der Waals surface area contributed by atoms with Crippen molar-refractivity contribution < 1.29 is 0 Å². The van der Waals surface area contributed by atoms with E-state index >= 15 is 0 Å². The molecule has 11 heteroatoms. The van der Waals surface area contributed by atoms with Crippen LogP contribution in [0.1, 0.15) is 192 Å². The van der Waals surface area contributed by atoms with Gasteiger partial charge >= 0.3 is 0 Å². The molecule has 0 N–H and O–H groups in total. The molecule has 0 saturated heterocycles. The molecule has 0 unspecified atom stereocenters. The molecule has 0 aliphatic carbocycles. The Hall–Kier alpha value is -6.81. The van der Waals surface area contributed by atoms with E-state index in [1.807, 2.05) is 90.7 Å². The molecule has 8 heterocycles.